The van der Waals surface area contributed by atoms with E-state index in [-0.39, 0.29) is 0 Å². The molecule has 0 radical (unpaired) electrons. The molecule has 6 nitrogen and oxygen atoms in total. The molecule has 6 heteroatoms. The molecule has 19 heavy (non-hydrogen) atoms. The summed E-state index contributed by atoms with van der Waals surface area (Å²) in [4.78, 5) is 27.4. The zero-order valence-electron chi connectivity index (χ0n) is 10.9. The van der Waals surface area contributed by atoms with Crippen LogP contribution in [-0.4, -0.2) is 22.0 Å². The van der Waals surface area contributed by atoms with E-state index in [4.69, 9.17) is 5.21 Å². The van der Waals surface area contributed by atoms with Gasteiger partial charge in [-0.05, 0) is 18.6 Å². The van der Waals surface area contributed by atoms with E-state index in [1.807, 2.05) is 6.92 Å². The Hall–Kier alpha value is -1.95. The lowest BCUT2D eigenvalue weighted by molar-refractivity contribution is -0.139. The highest BCUT2D eigenvalue weighted by Crippen LogP contribution is 2.13. The van der Waals surface area contributed by atoms with Gasteiger partial charge in [-0.15, -0.1) is 0 Å². The van der Waals surface area contributed by atoms with Gasteiger partial charge in [-0.25, -0.2) is 10.5 Å². The normalized spacial score (nSPS) is 11.7. The first-order valence-electron chi connectivity index (χ1n) is 6.35. The number of hydrogen-bond acceptors (Lipinski definition) is 4. The van der Waals surface area contributed by atoms with Gasteiger partial charge in [0, 0.05) is 6.20 Å². The van der Waals surface area contributed by atoms with Crippen molar-refractivity contribution in [3.8, 4) is 0 Å². The molecule has 0 fully saturated rings. The predicted molar refractivity (Wildman–Crippen MR) is 70.4 cm³/mol. The van der Waals surface area contributed by atoms with E-state index in [9.17, 15) is 9.59 Å². The van der Waals surface area contributed by atoms with Gasteiger partial charge in [0.15, 0.2) is 0 Å². The second-order valence-electron chi connectivity index (χ2n) is 4.23. The van der Waals surface area contributed by atoms with Gasteiger partial charge in [0.05, 0.1) is 0 Å². The van der Waals surface area contributed by atoms with Crippen molar-refractivity contribution in [1.29, 1.82) is 0 Å². The minimum Gasteiger partial charge on any atom is -0.310 e. The van der Waals surface area contributed by atoms with Gasteiger partial charge in [0.2, 0.25) is 5.91 Å². The Morgan fingerprint density at radius 3 is 2.68 bits per heavy atom. The molecule has 1 heterocycles. The zero-order chi connectivity index (χ0) is 14.1. The van der Waals surface area contributed by atoms with Crippen molar-refractivity contribution in [3.63, 3.8) is 0 Å². The molecule has 0 aliphatic carbocycles. The number of nitrogens with zero attached hydrogens (tertiary/aromatic N) is 1. The van der Waals surface area contributed by atoms with Crippen molar-refractivity contribution < 1.29 is 14.8 Å². The number of rotatable bonds is 7. The molecular formula is C13H19N3O3. The summed E-state index contributed by atoms with van der Waals surface area (Å²) < 4.78 is 0. The summed E-state index contributed by atoms with van der Waals surface area (Å²) >= 11 is 0. The zero-order valence-corrected chi connectivity index (χ0v) is 10.9. The van der Waals surface area contributed by atoms with Gasteiger partial charge >= 0.3 is 0 Å². The Kier molecular flexibility index (Phi) is 6.52. The van der Waals surface area contributed by atoms with Gasteiger partial charge in [-0.2, -0.15) is 0 Å². The summed E-state index contributed by atoms with van der Waals surface area (Å²) in [6.07, 6.45) is 4.64. The number of hydroxylamine groups is 1. The number of pyridine rings is 1. The lowest BCUT2D eigenvalue weighted by Gasteiger charge is -2.14. The van der Waals surface area contributed by atoms with E-state index in [2.05, 4.69) is 10.3 Å². The Morgan fingerprint density at radius 2 is 2.11 bits per heavy atom. The van der Waals surface area contributed by atoms with Crippen molar-refractivity contribution >= 4 is 17.6 Å². The highest BCUT2D eigenvalue weighted by Gasteiger charge is 2.26. The minimum atomic E-state index is -0.904. The molecular weight excluding hydrogens is 246 g/mol. The molecule has 104 valence electrons. The molecule has 1 aromatic rings. The molecule has 0 aliphatic heterocycles. The lowest BCUT2D eigenvalue weighted by atomic mass is 9.99. The SMILES string of the molecule is CCCCCC(C(=O)NO)C(=O)Nc1ccccn1. The summed E-state index contributed by atoms with van der Waals surface area (Å²) in [6.45, 7) is 2.04. The van der Waals surface area contributed by atoms with E-state index in [0.717, 1.165) is 19.3 Å². The van der Waals surface area contributed by atoms with Crippen LogP contribution in [0.25, 0.3) is 0 Å². The fourth-order valence-corrected chi connectivity index (χ4v) is 1.71. The number of amides is 2. The second-order valence-corrected chi connectivity index (χ2v) is 4.23. The number of hydrogen-bond donors (Lipinski definition) is 3. The molecule has 0 saturated carbocycles. The van der Waals surface area contributed by atoms with E-state index >= 15 is 0 Å². The summed E-state index contributed by atoms with van der Waals surface area (Å²) in [5.74, 6) is -1.66. The maximum atomic E-state index is 12.0. The topological polar surface area (TPSA) is 91.3 Å². The number of unbranched alkanes of at least 4 members (excludes halogenated alkanes) is 2. The Labute approximate surface area is 112 Å². The Bertz CT molecular complexity index is 409. The van der Waals surface area contributed by atoms with Crippen molar-refractivity contribution in [2.45, 2.75) is 32.6 Å². The van der Waals surface area contributed by atoms with Crippen molar-refractivity contribution in [3.05, 3.63) is 24.4 Å². The fraction of sp³-hybridized carbons (Fsp3) is 0.462. The molecule has 0 aromatic carbocycles. The summed E-state index contributed by atoms with van der Waals surface area (Å²) in [6, 6.07) is 5.10. The predicted octanol–water partition coefficient (Wildman–Crippen LogP) is 1.72. The number of carbonyl (C=O) groups is 2. The minimum absolute atomic E-state index is 0.388. The quantitative estimate of drug-likeness (QED) is 0.303. The molecule has 3 N–H and O–H groups in total. The van der Waals surface area contributed by atoms with Crippen molar-refractivity contribution in [2.75, 3.05) is 5.32 Å². The van der Waals surface area contributed by atoms with Crippen LogP contribution in [0.15, 0.2) is 24.4 Å². The standard InChI is InChI=1S/C13H19N3O3/c1-2-3-4-7-10(13(18)16-19)12(17)15-11-8-5-6-9-14-11/h5-6,8-10,19H,2-4,7H2,1H3,(H,16,18)(H,14,15,17). The molecule has 0 bridgehead atoms. The number of anilines is 1. The third-order valence-electron chi connectivity index (χ3n) is 2.76. The summed E-state index contributed by atoms with van der Waals surface area (Å²) in [7, 11) is 0. The molecule has 0 spiro atoms. The smallest absolute Gasteiger partial charge is 0.255 e. The monoisotopic (exact) mass is 265 g/mol. The Balaban J connectivity index is 2.63. The third kappa shape index (κ3) is 5.05. The van der Waals surface area contributed by atoms with Gasteiger partial charge in [0.1, 0.15) is 11.7 Å². The fourth-order valence-electron chi connectivity index (χ4n) is 1.71. The third-order valence-corrected chi connectivity index (χ3v) is 2.76. The molecule has 2 amide bonds. The maximum Gasteiger partial charge on any atom is 0.255 e. The lowest BCUT2D eigenvalue weighted by Crippen LogP contribution is -2.36. The molecule has 1 atom stereocenters. The van der Waals surface area contributed by atoms with Crippen molar-refractivity contribution in [2.24, 2.45) is 5.92 Å². The van der Waals surface area contributed by atoms with E-state index < -0.39 is 17.7 Å². The summed E-state index contributed by atoms with van der Waals surface area (Å²) in [5, 5.41) is 11.2. The van der Waals surface area contributed by atoms with Crippen LogP contribution in [0.3, 0.4) is 0 Å². The van der Waals surface area contributed by atoms with Gasteiger partial charge < -0.3 is 5.32 Å². The van der Waals surface area contributed by atoms with Gasteiger partial charge in [0.25, 0.3) is 5.91 Å². The van der Waals surface area contributed by atoms with Crippen LogP contribution in [0.5, 0.6) is 0 Å². The first-order chi connectivity index (χ1) is 9.19. The van der Waals surface area contributed by atoms with Crippen LogP contribution in [0.2, 0.25) is 0 Å². The molecule has 1 aromatic heterocycles. The van der Waals surface area contributed by atoms with Gasteiger partial charge in [-0.1, -0.05) is 32.3 Å². The number of carbonyl (C=O) groups excluding carboxylic acids is 2. The first kappa shape index (κ1) is 15.1. The van der Waals surface area contributed by atoms with Crippen LogP contribution < -0.4 is 10.8 Å². The largest absolute Gasteiger partial charge is 0.310 e. The van der Waals surface area contributed by atoms with Crippen LogP contribution in [-0.2, 0) is 9.59 Å². The Morgan fingerprint density at radius 1 is 1.32 bits per heavy atom. The van der Waals surface area contributed by atoms with Gasteiger partial charge in [-0.3, -0.25) is 14.8 Å². The average molecular weight is 265 g/mol. The summed E-state index contributed by atoms with van der Waals surface area (Å²) in [5.41, 5.74) is 1.54. The average Bonchev–Trinajstić information content (AvgIpc) is 2.44. The highest BCUT2D eigenvalue weighted by molar-refractivity contribution is 6.05. The molecule has 0 aliphatic rings. The van der Waals surface area contributed by atoms with E-state index in [1.165, 1.54) is 5.48 Å². The van der Waals surface area contributed by atoms with E-state index in [0.29, 0.717) is 12.2 Å². The number of nitrogens with one attached hydrogen (secondary N) is 2. The van der Waals surface area contributed by atoms with Crippen LogP contribution in [0, 0.1) is 5.92 Å². The van der Waals surface area contributed by atoms with Crippen LogP contribution in [0.4, 0.5) is 5.82 Å². The molecule has 1 rings (SSSR count). The molecule has 0 saturated heterocycles. The van der Waals surface area contributed by atoms with Crippen LogP contribution in [0.1, 0.15) is 32.6 Å². The first-order valence-corrected chi connectivity index (χ1v) is 6.35. The maximum absolute atomic E-state index is 12.0. The second kappa shape index (κ2) is 8.20. The van der Waals surface area contributed by atoms with Crippen molar-refractivity contribution in [1.82, 2.24) is 10.5 Å². The molecule has 1 unspecified atom stereocenters. The highest BCUT2D eigenvalue weighted by atomic mass is 16.5. The number of aromatic nitrogens is 1. The van der Waals surface area contributed by atoms with Crippen LogP contribution >= 0.6 is 0 Å². The van der Waals surface area contributed by atoms with E-state index in [1.54, 1.807) is 24.4 Å².